The van der Waals surface area contributed by atoms with Crippen LogP contribution in [0, 0.1) is 0 Å². The van der Waals surface area contributed by atoms with Gasteiger partial charge in [0.1, 0.15) is 12.4 Å². The van der Waals surface area contributed by atoms with Gasteiger partial charge in [-0.2, -0.15) is 0 Å². The molecule has 5 heteroatoms. The van der Waals surface area contributed by atoms with E-state index in [0.29, 0.717) is 19.1 Å². The normalized spacial score (nSPS) is 16.1. The van der Waals surface area contributed by atoms with E-state index in [0.717, 1.165) is 30.9 Å². The molecule has 1 heterocycles. The second-order valence-corrected chi connectivity index (χ2v) is 6.02. The van der Waals surface area contributed by atoms with Crippen LogP contribution in [0.5, 0.6) is 5.75 Å². The summed E-state index contributed by atoms with van der Waals surface area (Å²) in [5.41, 5.74) is 7.21. The molecule has 0 amide bonds. The Kier molecular flexibility index (Phi) is 6.52. The topological polar surface area (TPSA) is 54.1 Å². The van der Waals surface area contributed by atoms with Gasteiger partial charge >= 0.3 is 0 Å². The van der Waals surface area contributed by atoms with Gasteiger partial charge in [-0.15, -0.1) is 0 Å². The lowest BCUT2D eigenvalue weighted by molar-refractivity contribution is 0.261. The average molecular weight is 304 g/mol. The van der Waals surface area contributed by atoms with Gasteiger partial charge in [-0.05, 0) is 51.1 Å². The zero-order chi connectivity index (χ0) is 15.8. The first-order chi connectivity index (χ1) is 10.6. The lowest BCUT2D eigenvalue weighted by Crippen LogP contribution is -2.40. The van der Waals surface area contributed by atoms with E-state index in [4.69, 9.17) is 10.5 Å². The van der Waals surface area contributed by atoms with Crippen LogP contribution in [0.2, 0.25) is 0 Å². The van der Waals surface area contributed by atoms with Gasteiger partial charge in [0, 0.05) is 19.6 Å². The van der Waals surface area contributed by atoms with Crippen LogP contribution >= 0.6 is 0 Å². The molecule has 0 bridgehead atoms. The summed E-state index contributed by atoms with van der Waals surface area (Å²) >= 11 is 0. The Labute approximate surface area is 133 Å². The third kappa shape index (κ3) is 5.56. The van der Waals surface area contributed by atoms with Gasteiger partial charge in [0.05, 0.1) is 6.54 Å². The lowest BCUT2D eigenvalue weighted by Gasteiger charge is -2.27. The van der Waals surface area contributed by atoms with E-state index in [1.165, 1.54) is 19.3 Å². The SMILES string of the molecule is CN(C)CCOc1cccc(CN=C(N)N2CCCCC2)c1. The highest BCUT2D eigenvalue weighted by Crippen LogP contribution is 2.14. The molecule has 0 saturated carbocycles. The summed E-state index contributed by atoms with van der Waals surface area (Å²) in [6.07, 6.45) is 3.73. The van der Waals surface area contributed by atoms with E-state index in [-0.39, 0.29) is 0 Å². The third-order valence-corrected chi connectivity index (χ3v) is 3.81. The molecule has 2 N–H and O–H groups in total. The Morgan fingerprint density at radius 3 is 2.77 bits per heavy atom. The van der Waals surface area contributed by atoms with E-state index in [1.54, 1.807) is 0 Å². The second kappa shape index (κ2) is 8.63. The third-order valence-electron chi connectivity index (χ3n) is 3.81. The van der Waals surface area contributed by atoms with Crippen LogP contribution in [0.15, 0.2) is 29.3 Å². The van der Waals surface area contributed by atoms with Gasteiger partial charge < -0.3 is 20.3 Å². The van der Waals surface area contributed by atoms with Crippen molar-refractivity contribution in [1.82, 2.24) is 9.80 Å². The van der Waals surface area contributed by atoms with E-state index < -0.39 is 0 Å². The molecular formula is C17H28N4O. The van der Waals surface area contributed by atoms with Crippen molar-refractivity contribution in [1.29, 1.82) is 0 Å². The maximum Gasteiger partial charge on any atom is 0.191 e. The number of piperidine rings is 1. The summed E-state index contributed by atoms with van der Waals surface area (Å²) < 4.78 is 5.75. The van der Waals surface area contributed by atoms with Gasteiger partial charge in [0.25, 0.3) is 0 Å². The zero-order valence-electron chi connectivity index (χ0n) is 13.8. The molecule has 1 aliphatic rings. The number of aliphatic imine (C=N–C) groups is 1. The highest BCUT2D eigenvalue weighted by atomic mass is 16.5. The van der Waals surface area contributed by atoms with Gasteiger partial charge in [-0.1, -0.05) is 12.1 Å². The van der Waals surface area contributed by atoms with Crippen molar-refractivity contribution in [3.05, 3.63) is 29.8 Å². The minimum atomic E-state index is 0.604. The fraction of sp³-hybridized carbons (Fsp3) is 0.588. The van der Waals surface area contributed by atoms with Crippen molar-refractivity contribution < 1.29 is 4.74 Å². The number of likely N-dealkylation sites (tertiary alicyclic amines) is 1. The molecule has 5 nitrogen and oxygen atoms in total. The Hall–Kier alpha value is -1.75. The molecule has 1 aromatic rings. The van der Waals surface area contributed by atoms with E-state index >= 15 is 0 Å². The number of hydrogen-bond donors (Lipinski definition) is 1. The largest absolute Gasteiger partial charge is 0.492 e. The van der Waals surface area contributed by atoms with Crippen LogP contribution in [-0.4, -0.2) is 56.1 Å². The molecule has 0 radical (unpaired) electrons. The van der Waals surface area contributed by atoms with Crippen molar-refractivity contribution in [3.63, 3.8) is 0 Å². The molecule has 0 aromatic heterocycles. The van der Waals surface area contributed by atoms with Crippen molar-refractivity contribution in [2.75, 3.05) is 40.3 Å². The first-order valence-electron chi connectivity index (χ1n) is 8.06. The highest BCUT2D eigenvalue weighted by Gasteiger charge is 2.11. The zero-order valence-corrected chi connectivity index (χ0v) is 13.8. The van der Waals surface area contributed by atoms with Gasteiger partial charge in [-0.3, -0.25) is 0 Å². The van der Waals surface area contributed by atoms with Crippen LogP contribution in [0.25, 0.3) is 0 Å². The van der Waals surface area contributed by atoms with Crippen molar-refractivity contribution in [2.24, 2.45) is 10.7 Å². The van der Waals surface area contributed by atoms with Crippen LogP contribution in [-0.2, 0) is 6.54 Å². The van der Waals surface area contributed by atoms with E-state index in [1.807, 2.05) is 32.3 Å². The molecule has 0 atom stereocenters. The molecule has 0 unspecified atom stereocenters. The monoisotopic (exact) mass is 304 g/mol. The fourth-order valence-corrected chi connectivity index (χ4v) is 2.47. The fourth-order valence-electron chi connectivity index (χ4n) is 2.47. The summed E-state index contributed by atoms with van der Waals surface area (Å²) in [5.74, 6) is 1.56. The number of guanidine groups is 1. The molecule has 1 aromatic carbocycles. The molecule has 0 aliphatic carbocycles. The van der Waals surface area contributed by atoms with Crippen molar-refractivity contribution in [2.45, 2.75) is 25.8 Å². The Morgan fingerprint density at radius 1 is 1.27 bits per heavy atom. The van der Waals surface area contributed by atoms with E-state index in [9.17, 15) is 0 Å². The number of likely N-dealkylation sites (N-methyl/N-ethyl adjacent to an activating group) is 1. The Morgan fingerprint density at radius 2 is 2.05 bits per heavy atom. The first-order valence-corrected chi connectivity index (χ1v) is 8.06. The number of hydrogen-bond acceptors (Lipinski definition) is 3. The molecule has 1 aliphatic heterocycles. The standard InChI is InChI=1S/C17H28N4O/c1-20(2)11-12-22-16-8-6-7-15(13-16)14-19-17(18)21-9-4-3-5-10-21/h6-8,13H,3-5,9-12,14H2,1-2H3,(H2,18,19). The summed E-state index contributed by atoms with van der Waals surface area (Å²) in [5, 5.41) is 0. The van der Waals surface area contributed by atoms with Crippen molar-refractivity contribution in [3.8, 4) is 5.75 Å². The molecule has 1 fully saturated rings. The highest BCUT2D eigenvalue weighted by molar-refractivity contribution is 5.78. The summed E-state index contributed by atoms with van der Waals surface area (Å²) in [6, 6.07) is 8.10. The van der Waals surface area contributed by atoms with Gasteiger partial charge in [0.15, 0.2) is 5.96 Å². The predicted molar refractivity (Wildman–Crippen MR) is 91.2 cm³/mol. The Balaban J connectivity index is 1.86. The smallest absolute Gasteiger partial charge is 0.191 e. The molecule has 22 heavy (non-hydrogen) atoms. The molecule has 2 rings (SSSR count). The van der Waals surface area contributed by atoms with Crippen LogP contribution < -0.4 is 10.5 Å². The maximum atomic E-state index is 6.09. The summed E-state index contributed by atoms with van der Waals surface area (Å²) in [4.78, 5) is 8.81. The lowest BCUT2D eigenvalue weighted by atomic mass is 10.1. The minimum absolute atomic E-state index is 0.604. The van der Waals surface area contributed by atoms with Crippen LogP contribution in [0.1, 0.15) is 24.8 Å². The molecule has 1 saturated heterocycles. The number of ether oxygens (including phenoxy) is 1. The first kappa shape index (κ1) is 16.6. The maximum absolute atomic E-state index is 6.09. The Bertz CT molecular complexity index is 481. The average Bonchev–Trinajstić information content (AvgIpc) is 2.53. The van der Waals surface area contributed by atoms with Crippen molar-refractivity contribution >= 4 is 5.96 Å². The summed E-state index contributed by atoms with van der Waals surface area (Å²) in [6.45, 7) is 4.26. The number of rotatable bonds is 6. The van der Waals surface area contributed by atoms with E-state index in [2.05, 4.69) is 20.9 Å². The molecular weight excluding hydrogens is 276 g/mol. The van der Waals surface area contributed by atoms with Gasteiger partial charge in [0.2, 0.25) is 0 Å². The van der Waals surface area contributed by atoms with Crippen LogP contribution in [0.3, 0.4) is 0 Å². The number of nitrogens with zero attached hydrogens (tertiary/aromatic N) is 3. The summed E-state index contributed by atoms with van der Waals surface area (Å²) in [7, 11) is 4.08. The number of nitrogens with two attached hydrogens (primary N) is 1. The van der Waals surface area contributed by atoms with Crippen LogP contribution in [0.4, 0.5) is 0 Å². The minimum Gasteiger partial charge on any atom is -0.492 e. The quantitative estimate of drug-likeness (QED) is 0.644. The van der Waals surface area contributed by atoms with Gasteiger partial charge in [-0.25, -0.2) is 4.99 Å². The molecule has 122 valence electrons. The molecule has 0 spiro atoms. The second-order valence-electron chi connectivity index (χ2n) is 6.02. The number of benzene rings is 1. The predicted octanol–water partition coefficient (Wildman–Crippen LogP) is 1.93.